The lowest BCUT2D eigenvalue weighted by Gasteiger charge is -2.19. The second-order valence-electron chi connectivity index (χ2n) is 3.16. The van der Waals surface area contributed by atoms with Crippen LogP contribution in [0.2, 0.25) is 0 Å². The molecule has 96 valence electrons. The quantitative estimate of drug-likeness (QED) is 0.592. The van der Waals surface area contributed by atoms with Gasteiger partial charge in [0.05, 0.1) is 11.1 Å². The molecule has 0 heterocycles. The van der Waals surface area contributed by atoms with Crippen LogP contribution in [0.1, 0.15) is 16.7 Å². The molecule has 17 heavy (non-hydrogen) atoms. The predicted molar refractivity (Wildman–Crippen MR) is 57.1 cm³/mol. The fourth-order valence-corrected chi connectivity index (χ4v) is 2.15. The Morgan fingerprint density at radius 2 is 1.41 bits per heavy atom. The summed E-state index contributed by atoms with van der Waals surface area (Å²) in [6, 6.07) is 1.93. The minimum atomic E-state index is -5.08. The van der Waals surface area contributed by atoms with Crippen molar-refractivity contribution in [2.45, 2.75) is 18.9 Å². The maximum Gasteiger partial charge on any atom is 0.418 e. The SMILES string of the molecule is NCc1ccc(I)c(C(F)(F)F)c1C(F)(F)F. The number of rotatable bonds is 1. The van der Waals surface area contributed by atoms with Gasteiger partial charge in [0.1, 0.15) is 0 Å². The first kappa shape index (κ1) is 14.6. The minimum Gasteiger partial charge on any atom is -0.326 e. The number of hydrogen-bond acceptors (Lipinski definition) is 1. The number of benzene rings is 1. The summed E-state index contributed by atoms with van der Waals surface area (Å²) in [5.41, 5.74) is 1.11. The zero-order chi connectivity index (χ0) is 13.4. The van der Waals surface area contributed by atoms with Gasteiger partial charge in [-0.15, -0.1) is 0 Å². The van der Waals surface area contributed by atoms with Crippen LogP contribution < -0.4 is 5.73 Å². The largest absolute Gasteiger partial charge is 0.418 e. The molecule has 8 heteroatoms. The third-order valence-corrected chi connectivity index (χ3v) is 2.93. The Morgan fingerprint density at radius 3 is 1.76 bits per heavy atom. The second-order valence-corrected chi connectivity index (χ2v) is 4.32. The minimum absolute atomic E-state index is 0.500. The molecule has 1 aromatic carbocycles. The summed E-state index contributed by atoms with van der Waals surface area (Å²) in [7, 11) is 0. The van der Waals surface area contributed by atoms with E-state index in [4.69, 9.17) is 5.73 Å². The van der Waals surface area contributed by atoms with E-state index in [0.717, 1.165) is 12.1 Å². The Kier molecular flexibility index (Phi) is 3.97. The predicted octanol–water partition coefficient (Wildman–Crippen LogP) is 3.79. The summed E-state index contributed by atoms with van der Waals surface area (Å²) < 4.78 is 75.3. The van der Waals surface area contributed by atoms with E-state index < -0.39 is 39.2 Å². The van der Waals surface area contributed by atoms with Crippen molar-refractivity contribution >= 4 is 22.6 Å². The van der Waals surface area contributed by atoms with E-state index >= 15 is 0 Å². The molecule has 0 bridgehead atoms. The Hall–Kier alpha value is -0.510. The topological polar surface area (TPSA) is 26.0 Å². The molecular weight excluding hydrogens is 363 g/mol. The van der Waals surface area contributed by atoms with Gasteiger partial charge in [0, 0.05) is 10.1 Å². The maximum atomic E-state index is 12.6. The standard InChI is InChI=1S/C9H6F6IN/c10-8(11,12)6-4(3-17)1-2-5(16)7(6)9(13,14)15/h1-2H,3,17H2. The Morgan fingerprint density at radius 1 is 0.941 bits per heavy atom. The molecule has 0 aliphatic rings. The summed E-state index contributed by atoms with van der Waals surface area (Å²) in [6.45, 7) is -0.602. The third-order valence-electron chi connectivity index (χ3n) is 2.03. The summed E-state index contributed by atoms with van der Waals surface area (Å²) in [5.74, 6) is 0. The van der Waals surface area contributed by atoms with Crippen LogP contribution in [-0.2, 0) is 18.9 Å². The third kappa shape index (κ3) is 3.03. The van der Waals surface area contributed by atoms with E-state index in [1.165, 1.54) is 22.6 Å². The van der Waals surface area contributed by atoms with Crippen LogP contribution in [0.3, 0.4) is 0 Å². The lowest BCUT2D eigenvalue weighted by Crippen LogP contribution is -2.21. The van der Waals surface area contributed by atoms with Crippen LogP contribution in [0.15, 0.2) is 12.1 Å². The van der Waals surface area contributed by atoms with Crippen molar-refractivity contribution in [3.8, 4) is 0 Å². The molecule has 2 N–H and O–H groups in total. The van der Waals surface area contributed by atoms with Gasteiger partial charge in [-0.2, -0.15) is 26.3 Å². The van der Waals surface area contributed by atoms with Crippen LogP contribution >= 0.6 is 22.6 Å². The monoisotopic (exact) mass is 369 g/mol. The first-order valence-electron chi connectivity index (χ1n) is 4.25. The highest BCUT2D eigenvalue weighted by molar-refractivity contribution is 14.1. The first-order valence-corrected chi connectivity index (χ1v) is 5.32. The number of hydrogen-bond donors (Lipinski definition) is 1. The number of alkyl halides is 6. The molecule has 0 saturated heterocycles. The molecule has 0 aliphatic heterocycles. The van der Waals surface area contributed by atoms with Gasteiger partial charge in [0.2, 0.25) is 0 Å². The van der Waals surface area contributed by atoms with E-state index in [9.17, 15) is 26.3 Å². The molecule has 1 rings (SSSR count). The van der Waals surface area contributed by atoms with Gasteiger partial charge in [-0.3, -0.25) is 0 Å². The fraction of sp³-hybridized carbons (Fsp3) is 0.333. The molecule has 0 unspecified atom stereocenters. The van der Waals surface area contributed by atoms with Crippen molar-refractivity contribution in [3.05, 3.63) is 32.4 Å². The van der Waals surface area contributed by atoms with Crippen LogP contribution in [-0.4, -0.2) is 0 Å². The van der Waals surface area contributed by atoms with Crippen molar-refractivity contribution in [3.63, 3.8) is 0 Å². The summed E-state index contributed by atoms with van der Waals surface area (Å²) >= 11 is 1.22. The van der Waals surface area contributed by atoms with E-state index in [-0.39, 0.29) is 0 Å². The van der Waals surface area contributed by atoms with Crippen molar-refractivity contribution in [1.82, 2.24) is 0 Å². The maximum absolute atomic E-state index is 12.6. The van der Waals surface area contributed by atoms with Gasteiger partial charge in [-0.05, 0) is 34.2 Å². The van der Waals surface area contributed by atoms with Gasteiger partial charge in [-0.1, -0.05) is 6.07 Å². The average molecular weight is 369 g/mol. The summed E-state index contributed by atoms with van der Waals surface area (Å²) in [4.78, 5) is 0. The van der Waals surface area contributed by atoms with Crippen LogP contribution in [0.25, 0.3) is 0 Å². The summed E-state index contributed by atoms with van der Waals surface area (Å²) in [6.07, 6.45) is -10.1. The molecule has 0 aromatic heterocycles. The van der Waals surface area contributed by atoms with E-state index in [1.54, 1.807) is 0 Å². The van der Waals surface area contributed by atoms with Crippen LogP contribution in [0, 0.1) is 3.57 Å². The molecule has 0 spiro atoms. The molecule has 0 fully saturated rings. The molecule has 1 nitrogen and oxygen atoms in total. The highest BCUT2D eigenvalue weighted by atomic mass is 127. The number of halogens is 7. The lowest BCUT2D eigenvalue weighted by molar-refractivity contribution is -0.163. The van der Waals surface area contributed by atoms with E-state index in [0.29, 0.717) is 0 Å². The molecule has 0 radical (unpaired) electrons. The molecule has 0 aliphatic carbocycles. The Balaban J connectivity index is 3.67. The highest BCUT2D eigenvalue weighted by Gasteiger charge is 2.45. The van der Waals surface area contributed by atoms with Crippen molar-refractivity contribution < 1.29 is 26.3 Å². The van der Waals surface area contributed by atoms with Gasteiger partial charge >= 0.3 is 12.4 Å². The van der Waals surface area contributed by atoms with Gasteiger partial charge < -0.3 is 5.73 Å². The molecule has 1 aromatic rings. The lowest BCUT2D eigenvalue weighted by atomic mass is 10.00. The molecular formula is C9H6F6IN. The zero-order valence-electron chi connectivity index (χ0n) is 8.08. The molecule has 0 saturated carbocycles. The summed E-state index contributed by atoms with van der Waals surface area (Å²) in [5, 5.41) is 0. The fourth-order valence-electron chi connectivity index (χ4n) is 1.39. The molecule has 0 amide bonds. The zero-order valence-corrected chi connectivity index (χ0v) is 10.2. The van der Waals surface area contributed by atoms with Gasteiger partial charge in [0.25, 0.3) is 0 Å². The average Bonchev–Trinajstić information content (AvgIpc) is 2.13. The van der Waals surface area contributed by atoms with Crippen molar-refractivity contribution in [2.75, 3.05) is 0 Å². The smallest absolute Gasteiger partial charge is 0.326 e. The van der Waals surface area contributed by atoms with E-state index in [1.807, 2.05) is 0 Å². The molecule has 0 atom stereocenters. The Labute approximate surface area is 106 Å². The van der Waals surface area contributed by atoms with Gasteiger partial charge in [0.15, 0.2) is 0 Å². The first-order chi connectivity index (χ1) is 7.59. The Bertz CT molecular complexity index is 423. The van der Waals surface area contributed by atoms with Crippen LogP contribution in [0.5, 0.6) is 0 Å². The van der Waals surface area contributed by atoms with E-state index in [2.05, 4.69) is 0 Å². The van der Waals surface area contributed by atoms with Gasteiger partial charge in [-0.25, -0.2) is 0 Å². The van der Waals surface area contributed by atoms with Crippen molar-refractivity contribution in [2.24, 2.45) is 5.73 Å². The second kappa shape index (κ2) is 4.63. The van der Waals surface area contributed by atoms with Crippen molar-refractivity contribution in [1.29, 1.82) is 0 Å². The van der Waals surface area contributed by atoms with Crippen LogP contribution in [0.4, 0.5) is 26.3 Å². The number of nitrogens with two attached hydrogens (primary N) is 1. The normalized spacial score (nSPS) is 12.9. The highest BCUT2D eigenvalue weighted by Crippen LogP contribution is 2.44.